The van der Waals surface area contributed by atoms with Crippen molar-refractivity contribution in [1.29, 1.82) is 0 Å². The summed E-state index contributed by atoms with van der Waals surface area (Å²) >= 11 is 0. The van der Waals surface area contributed by atoms with E-state index in [-0.39, 0.29) is 17.9 Å². The molecular formula is C15H23N3O. The average molecular weight is 261 g/mol. The average Bonchev–Trinajstić information content (AvgIpc) is 2.46. The Morgan fingerprint density at radius 3 is 2.21 bits per heavy atom. The zero-order valence-corrected chi connectivity index (χ0v) is 11.7. The van der Waals surface area contributed by atoms with Crippen molar-refractivity contribution in [3.63, 3.8) is 0 Å². The topological polar surface area (TPSA) is 49.6 Å². The molecule has 4 nitrogen and oxygen atoms in total. The SMILES string of the molecule is CC(C)[C@@H](N)C(=O)N1CCN(c2ccccc2)CC1. The highest BCUT2D eigenvalue weighted by atomic mass is 16.2. The van der Waals surface area contributed by atoms with Crippen LogP contribution in [0.15, 0.2) is 30.3 Å². The molecule has 0 radical (unpaired) electrons. The van der Waals surface area contributed by atoms with E-state index in [9.17, 15) is 4.79 Å². The van der Waals surface area contributed by atoms with Gasteiger partial charge in [-0.25, -0.2) is 0 Å². The molecule has 0 aliphatic carbocycles. The van der Waals surface area contributed by atoms with Crippen LogP contribution in [-0.2, 0) is 4.79 Å². The predicted octanol–water partition coefficient (Wildman–Crippen LogP) is 1.32. The van der Waals surface area contributed by atoms with Crippen molar-refractivity contribution in [2.75, 3.05) is 31.1 Å². The summed E-state index contributed by atoms with van der Waals surface area (Å²) in [6.07, 6.45) is 0. The number of nitrogens with zero attached hydrogens (tertiary/aromatic N) is 2. The maximum atomic E-state index is 12.2. The van der Waals surface area contributed by atoms with Gasteiger partial charge in [0.25, 0.3) is 0 Å². The van der Waals surface area contributed by atoms with Crippen molar-refractivity contribution >= 4 is 11.6 Å². The summed E-state index contributed by atoms with van der Waals surface area (Å²) in [5, 5.41) is 0. The number of para-hydroxylation sites is 1. The smallest absolute Gasteiger partial charge is 0.239 e. The van der Waals surface area contributed by atoms with Gasteiger partial charge >= 0.3 is 0 Å². The number of hydrogen-bond donors (Lipinski definition) is 1. The van der Waals surface area contributed by atoms with Crippen molar-refractivity contribution < 1.29 is 4.79 Å². The molecule has 4 heteroatoms. The van der Waals surface area contributed by atoms with Gasteiger partial charge in [0, 0.05) is 31.9 Å². The van der Waals surface area contributed by atoms with Crippen molar-refractivity contribution in [1.82, 2.24) is 4.90 Å². The van der Waals surface area contributed by atoms with Gasteiger partial charge in [0.05, 0.1) is 6.04 Å². The Bertz CT molecular complexity index is 411. The molecule has 1 atom stereocenters. The second kappa shape index (κ2) is 6.06. The lowest BCUT2D eigenvalue weighted by molar-refractivity contribution is -0.133. The molecule has 1 amide bonds. The lowest BCUT2D eigenvalue weighted by Crippen LogP contribution is -2.54. The molecule has 1 saturated heterocycles. The van der Waals surface area contributed by atoms with Gasteiger partial charge in [0.1, 0.15) is 0 Å². The van der Waals surface area contributed by atoms with Crippen LogP contribution in [0, 0.1) is 5.92 Å². The summed E-state index contributed by atoms with van der Waals surface area (Å²) in [6.45, 7) is 7.25. The molecule has 2 N–H and O–H groups in total. The zero-order valence-electron chi connectivity index (χ0n) is 11.7. The minimum atomic E-state index is -0.372. The number of amides is 1. The Morgan fingerprint density at radius 2 is 1.68 bits per heavy atom. The molecular weight excluding hydrogens is 238 g/mol. The van der Waals surface area contributed by atoms with Crippen LogP contribution in [-0.4, -0.2) is 43.0 Å². The molecule has 1 heterocycles. The minimum Gasteiger partial charge on any atom is -0.368 e. The highest BCUT2D eigenvalue weighted by molar-refractivity contribution is 5.82. The number of piperazine rings is 1. The van der Waals surface area contributed by atoms with Crippen LogP contribution in [0.1, 0.15) is 13.8 Å². The summed E-state index contributed by atoms with van der Waals surface area (Å²) < 4.78 is 0. The number of anilines is 1. The lowest BCUT2D eigenvalue weighted by atomic mass is 10.0. The molecule has 104 valence electrons. The van der Waals surface area contributed by atoms with E-state index in [1.54, 1.807) is 0 Å². The predicted molar refractivity (Wildman–Crippen MR) is 78.0 cm³/mol. The van der Waals surface area contributed by atoms with Crippen molar-refractivity contribution in [3.05, 3.63) is 30.3 Å². The molecule has 1 aliphatic rings. The van der Waals surface area contributed by atoms with Gasteiger partial charge in [-0.2, -0.15) is 0 Å². The van der Waals surface area contributed by atoms with Gasteiger partial charge in [-0.05, 0) is 18.1 Å². The zero-order chi connectivity index (χ0) is 13.8. The number of carbonyl (C=O) groups is 1. The van der Waals surface area contributed by atoms with E-state index in [1.165, 1.54) is 5.69 Å². The largest absolute Gasteiger partial charge is 0.368 e. The molecule has 0 spiro atoms. The first-order valence-corrected chi connectivity index (χ1v) is 6.94. The fourth-order valence-corrected chi connectivity index (χ4v) is 2.32. The van der Waals surface area contributed by atoms with Crippen LogP contribution < -0.4 is 10.6 Å². The molecule has 0 aromatic heterocycles. The number of carbonyl (C=O) groups excluding carboxylic acids is 1. The standard InChI is InChI=1S/C15H23N3O/c1-12(2)14(16)15(19)18-10-8-17(9-11-18)13-6-4-3-5-7-13/h3-7,12,14H,8-11,16H2,1-2H3/t14-/m1/s1. The van der Waals surface area contributed by atoms with E-state index in [4.69, 9.17) is 5.73 Å². The second-order valence-electron chi connectivity index (χ2n) is 5.42. The van der Waals surface area contributed by atoms with Gasteiger partial charge < -0.3 is 15.5 Å². The Hall–Kier alpha value is -1.55. The maximum absolute atomic E-state index is 12.2. The van der Waals surface area contributed by atoms with Crippen LogP contribution in [0.2, 0.25) is 0 Å². The number of hydrogen-bond acceptors (Lipinski definition) is 3. The van der Waals surface area contributed by atoms with E-state index < -0.39 is 0 Å². The quantitative estimate of drug-likeness (QED) is 0.892. The number of benzene rings is 1. The molecule has 1 fully saturated rings. The Labute approximate surface area is 115 Å². The van der Waals surface area contributed by atoms with E-state index >= 15 is 0 Å². The van der Waals surface area contributed by atoms with Crippen LogP contribution in [0.4, 0.5) is 5.69 Å². The second-order valence-corrected chi connectivity index (χ2v) is 5.42. The van der Waals surface area contributed by atoms with Crippen molar-refractivity contribution in [3.8, 4) is 0 Å². The third-order valence-electron chi connectivity index (χ3n) is 3.72. The molecule has 1 aromatic rings. The highest BCUT2D eigenvalue weighted by Crippen LogP contribution is 2.16. The van der Waals surface area contributed by atoms with Crippen molar-refractivity contribution in [2.24, 2.45) is 11.7 Å². The third-order valence-corrected chi connectivity index (χ3v) is 3.72. The van der Waals surface area contributed by atoms with Gasteiger partial charge in [-0.3, -0.25) is 4.79 Å². The third kappa shape index (κ3) is 3.26. The fourth-order valence-electron chi connectivity index (χ4n) is 2.32. The molecule has 19 heavy (non-hydrogen) atoms. The minimum absolute atomic E-state index is 0.0858. The lowest BCUT2D eigenvalue weighted by Gasteiger charge is -2.37. The Balaban J connectivity index is 1.91. The highest BCUT2D eigenvalue weighted by Gasteiger charge is 2.26. The summed E-state index contributed by atoms with van der Waals surface area (Å²) in [5.74, 6) is 0.280. The van der Waals surface area contributed by atoms with Gasteiger partial charge in [0.2, 0.25) is 5.91 Å². The molecule has 2 rings (SSSR count). The molecule has 0 unspecified atom stereocenters. The number of rotatable bonds is 3. The van der Waals surface area contributed by atoms with E-state index in [0.717, 1.165) is 26.2 Å². The van der Waals surface area contributed by atoms with Crippen LogP contribution >= 0.6 is 0 Å². The summed E-state index contributed by atoms with van der Waals surface area (Å²) in [7, 11) is 0. The van der Waals surface area contributed by atoms with Gasteiger partial charge in [0.15, 0.2) is 0 Å². The maximum Gasteiger partial charge on any atom is 0.239 e. The Kier molecular flexibility index (Phi) is 4.43. The first kappa shape index (κ1) is 13.9. The fraction of sp³-hybridized carbons (Fsp3) is 0.533. The summed E-state index contributed by atoms with van der Waals surface area (Å²) in [6, 6.07) is 9.95. The van der Waals surface area contributed by atoms with Crippen LogP contribution in [0.25, 0.3) is 0 Å². The first-order valence-electron chi connectivity index (χ1n) is 6.94. The number of nitrogens with two attached hydrogens (primary N) is 1. The van der Waals surface area contributed by atoms with Gasteiger partial charge in [-0.1, -0.05) is 32.0 Å². The molecule has 1 aromatic carbocycles. The molecule has 0 bridgehead atoms. The van der Waals surface area contributed by atoms with Gasteiger partial charge in [-0.15, -0.1) is 0 Å². The van der Waals surface area contributed by atoms with E-state index in [1.807, 2.05) is 36.9 Å². The molecule has 0 saturated carbocycles. The van der Waals surface area contributed by atoms with Crippen LogP contribution in [0.3, 0.4) is 0 Å². The van der Waals surface area contributed by atoms with E-state index in [2.05, 4.69) is 17.0 Å². The first-order chi connectivity index (χ1) is 9.09. The summed E-state index contributed by atoms with van der Waals surface area (Å²) in [4.78, 5) is 16.4. The van der Waals surface area contributed by atoms with Crippen molar-refractivity contribution in [2.45, 2.75) is 19.9 Å². The normalized spacial score (nSPS) is 17.7. The van der Waals surface area contributed by atoms with Crippen LogP contribution in [0.5, 0.6) is 0 Å². The van der Waals surface area contributed by atoms with E-state index in [0.29, 0.717) is 0 Å². The Morgan fingerprint density at radius 1 is 1.11 bits per heavy atom. The summed E-state index contributed by atoms with van der Waals surface area (Å²) in [5.41, 5.74) is 7.16. The molecule has 1 aliphatic heterocycles. The monoisotopic (exact) mass is 261 g/mol.